The van der Waals surface area contributed by atoms with E-state index in [-0.39, 0.29) is 22.0 Å². The Morgan fingerprint density at radius 2 is 1.93 bits per heavy atom. The first-order valence-electron chi connectivity index (χ1n) is 7.63. The van der Waals surface area contributed by atoms with Crippen molar-refractivity contribution in [1.82, 2.24) is 0 Å². The van der Waals surface area contributed by atoms with Crippen molar-refractivity contribution in [2.45, 2.75) is 11.8 Å². The molecule has 0 fully saturated rings. The number of anilines is 2. The number of hydrogen-bond donors (Lipinski definition) is 2. The number of nitrogens with zero attached hydrogens (tertiary/aromatic N) is 2. The van der Waals surface area contributed by atoms with Gasteiger partial charge < -0.3 is 4.74 Å². The molecule has 0 saturated carbocycles. The summed E-state index contributed by atoms with van der Waals surface area (Å²) in [5.74, 6) is 0.560. The van der Waals surface area contributed by atoms with Crippen LogP contribution in [0.2, 0.25) is 0 Å². The minimum atomic E-state index is -4.12. The summed E-state index contributed by atoms with van der Waals surface area (Å²) in [7, 11) is -2.63. The van der Waals surface area contributed by atoms with Crippen molar-refractivity contribution >= 4 is 33.3 Å². The Kier molecular flexibility index (Phi) is 6.14. The van der Waals surface area contributed by atoms with E-state index in [0.717, 1.165) is 6.07 Å². The van der Waals surface area contributed by atoms with Gasteiger partial charge in [-0.15, -0.1) is 0 Å². The number of hydrogen-bond acceptors (Lipinski definition) is 7. The van der Waals surface area contributed by atoms with Crippen LogP contribution in [0.3, 0.4) is 0 Å². The van der Waals surface area contributed by atoms with Crippen LogP contribution in [0.25, 0.3) is 0 Å². The quantitative estimate of drug-likeness (QED) is 0.405. The minimum absolute atomic E-state index is 0.0825. The Balaban J connectivity index is 2.42. The number of methoxy groups -OCH3 is 1. The molecule has 27 heavy (non-hydrogen) atoms. The van der Waals surface area contributed by atoms with E-state index in [1.54, 1.807) is 19.1 Å². The summed E-state index contributed by atoms with van der Waals surface area (Å²) in [6, 6.07) is 9.62. The second kappa shape index (κ2) is 8.32. The molecule has 0 amide bonds. The lowest BCUT2D eigenvalue weighted by molar-refractivity contribution is -0.385. The third-order valence-corrected chi connectivity index (χ3v) is 4.70. The molecule has 0 spiro atoms. The predicted octanol–water partition coefficient (Wildman–Crippen LogP) is 3.38. The Hall–Kier alpha value is -3.40. The van der Waals surface area contributed by atoms with Gasteiger partial charge in [0.05, 0.1) is 17.7 Å². The molecule has 2 rings (SSSR count). The number of rotatable bonds is 8. The van der Waals surface area contributed by atoms with Gasteiger partial charge in [-0.25, -0.2) is 8.42 Å². The third-order valence-electron chi connectivity index (χ3n) is 3.28. The van der Waals surface area contributed by atoms with E-state index in [1.807, 2.05) is 0 Å². The summed E-state index contributed by atoms with van der Waals surface area (Å²) in [5.41, 5.74) is 3.21. The summed E-state index contributed by atoms with van der Waals surface area (Å²) < 4.78 is 32.9. The van der Waals surface area contributed by atoms with Crippen molar-refractivity contribution in [3.05, 3.63) is 64.7 Å². The zero-order chi connectivity index (χ0) is 20.0. The van der Waals surface area contributed by atoms with Crippen molar-refractivity contribution in [2.75, 3.05) is 17.3 Å². The lowest BCUT2D eigenvalue weighted by atomic mass is 10.3. The topological polar surface area (TPSA) is 123 Å². The fourth-order valence-corrected chi connectivity index (χ4v) is 3.26. The summed E-state index contributed by atoms with van der Waals surface area (Å²) in [6.07, 6.45) is 1.40. The van der Waals surface area contributed by atoms with Gasteiger partial charge in [-0.3, -0.25) is 20.3 Å². The van der Waals surface area contributed by atoms with Crippen LogP contribution in [-0.2, 0) is 10.0 Å². The maximum atomic E-state index is 12.8. The molecule has 0 radical (unpaired) electrons. The number of nitro benzene ring substituents is 1. The van der Waals surface area contributed by atoms with Crippen LogP contribution in [0.1, 0.15) is 6.92 Å². The van der Waals surface area contributed by atoms with E-state index in [4.69, 9.17) is 4.74 Å². The first kappa shape index (κ1) is 19.9. The summed E-state index contributed by atoms with van der Waals surface area (Å²) in [4.78, 5) is 10.1. The number of nitrogens with one attached hydrogen (secondary N) is 2. The van der Waals surface area contributed by atoms with Crippen molar-refractivity contribution in [3.8, 4) is 5.75 Å². The SMILES string of the molecule is C=C(C)C=NNc1ccc([N+](=O)[O-])cc1S(=O)(=O)Nc1ccc(OC)cc1. The van der Waals surface area contributed by atoms with E-state index < -0.39 is 14.9 Å². The van der Waals surface area contributed by atoms with Crippen LogP contribution >= 0.6 is 0 Å². The number of hydrazone groups is 1. The van der Waals surface area contributed by atoms with Crippen molar-refractivity contribution in [1.29, 1.82) is 0 Å². The standard InChI is InChI=1S/C17H18N4O5S/c1-12(2)11-18-19-16-9-6-14(21(22)23)10-17(16)27(24,25)20-13-4-7-15(26-3)8-5-13/h4-11,19-20H,1H2,2-3H3. The number of benzene rings is 2. The third kappa shape index (κ3) is 5.28. The highest BCUT2D eigenvalue weighted by atomic mass is 32.2. The molecule has 0 aromatic heterocycles. The molecular formula is C17H18N4O5S. The lowest BCUT2D eigenvalue weighted by Gasteiger charge is -2.12. The smallest absolute Gasteiger partial charge is 0.270 e. The van der Waals surface area contributed by atoms with E-state index >= 15 is 0 Å². The first-order chi connectivity index (χ1) is 12.7. The van der Waals surface area contributed by atoms with E-state index in [9.17, 15) is 18.5 Å². The van der Waals surface area contributed by atoms with Crippen LogP contribution in [0.4, 0.5) is 17.1 Å². The van der Waals surface area contributed by atoms with Gasteiger partial charge in [-0.1, -0.05) is 6.58 Å². The highest BCUT2D eigenvalue weighted by Gasteiger charge is 2.22. The monoisotopic (exact) mass is 390 g/mol. The molecule has 0 saturated heterocycles. The van der Waals surface area contributed by atoms with Gasteiger partial charge in [0.15, 0.2) is 0 Å². The van der Waals surface area contributed by atoms with Gasteiger partial charge in [0.1, 0.15) is 10.6 Å². The highest BCUT2D eigenvalue weighted by Crippen LogP contribution is 2.28. The summed E-state index contributed by atoms with van der Waals surface area (Å²) >= 11 is 0. The zero-order valence-corrected chi connectivity index (χ0v) is 15.5. The molecule has 142 valence electrons. The average Bonchev–Trinajstić information content (AvgIpc) is 2.61. The Labute approximate surface area is 156 Å². The van der Waals surface area contributed by atoms with Crippen molar-refractivity contribution in [3.63, 3.8) is 0 Å². The molecule has 0 aliphatic carbocycles. The van der Waals surface area contributed by atoms with Gasteiger partial charge in [-0.05, 0) is 42.8 Å². The lowest BCUT2D eigenvalue weighted by Crippen LogP contribution is -2.15. The molecule has 2 aromatic rings. The molecule has 10 heteroatoms. The molecule has 0 aliphatic heterocycles. The van der Waals surface area contributed by atoms with Crippen molar-refractivity contribution in [2.24, 2.45) is 5.10 Å². The van der Waals surface area contributed by atoms with Gasteiger partial charge >= 0.3 is 0 Å². The maximum Gasteiger partial charge on any atom is 0.270 e. The predicted molar refractivity (Wildman–Crippen MR) is 104 cm³/mol. The number of nitro groups is 1. The van der Waals surface area contributed by atoms with Crippen LogP contribution in [-0.4, -0.2) is 26.7 Å². The van der Waals surface area contributed by atoms with E-state index in [1.165, 1.54) is 37.6 Å². The fourth-order valence-electron chi connectivity index (χ4n) is 2.02. The van der Waals surface area contributed by atoms with Crippen LogP contribution in [0.15, 0.2) is 64.6 Å². The molecule has 0 heterocycles. The Morgan fingerprint density at radius 3 is 2.48 bits per heavy atom. The second-order valence-electron chi connectivity index (χ2n) is 5.49. The van der Waals surface area contributed by atoms with Gasteiger partial charge in [-0.2, -0.15) is 5.10 Å². The summed E-state index contributed by atoms with van der Waals surface area (Å²) in [5, 5.41) is 14.9. The van der Waals surface area contributed by atoms with E-state index in [0.29, 0.717) is 11.3 Å². The Bertz CT molecular complexity index is 985. The first-order valence-corrected chi connectivity index (χ1v) is 9.11. The molecule has 0 bridgehead atoms. The molecule has 2 N–H and O–H groups in total. The largest absolute Gasteiger partial charge is 0.497 e. The molecule has 2 aromatic carbocycles. The number of sulfonamides is 1. The summed E-state index contributed by atoms with van der Waals surface area (Å²) in [6.45, 7) is 5.36. The zero-order valence-electron chi connectivity index (χ0n) is 14.7. The molecule has 0 atom stereocenters. The van der Waals surface area contributed by atoms with Crippen LogP contribution in [0, 0.1) is 10.1 Å². The minimum Gasteiger partial charge on any atom is -0.497 e. The number of non-ortho nitro benzene ring substituents is 1. The van der Waals surface area contributed by atoms with Gasteiger partial charge in [0.25, 0.3) is 15.7 Å². The van der Waals surface area contributed by atoms with Crippen LogP contribution < -0.4 is 14.9 Å². The highest BCUT2D eigenvalue weighted by molar-refractivity contribution is 7.92. The van der Waals surface area contributed by atoms with Gasteiger partial charge in [0, 0.05) is 24.0 Å². The van der Waals surface area contributed by atoms with Crippen molar-refractivity contribution < 1.29 is 18.1 Å². The van der Waals surface area contributed by atoms with Crippen LogP contribution in [0.5, 0.6) is 5.75 Å². The molecular weight excluding hydrogens is 372 g/mol. The molecule has 0 unspecified atom stereocenters. The fraction of sp³-hybridized carbons (Fsp3) is 0.118. The Morgan fingerprint density at radius 1 is 1.26 bits per heavy atom. The molecule has 0 aliphatic rings. The van der Waals surface area contributed by atoms with Gasteiger partial charge in [0.2, 0.25) is 0 Å². The normalized spacial score (nSPS) is 11.2. The second-order valence-corrected chi connectivity index (χ2v) is 7.14. The maximum absolute atomic E-state index is 12.8. The van der Waals surface area contributed by atoms with E-state index in [2.05, 4.69) is 21.8 Å². The number of ether oxygens (including phenoxy) is 1. The number of allylic oxidation sites excluding steroid dienone is 1. The average molecular weight is 390 g/mol. The molecule has 9 nitrogen and oxygen atoms in total.